The second-order valence-electron chi connectivity index (χ2n) is 9.50. The average Bonchev–Trinajstić information content (AvgIpc) is 3.34. The van der Waals surface area contributed by atoms with Crippen molar-refractivity contribution in [2.75, 3.05) is 0 Å². The van der Waals surface area contributed by atoms with Gasteiger partial charge in [0.2, 0.25) is 6.71 Å². The first-order valence-electron chi connectivity index (χ1n) is 11.6. The van der Waals surface area contributed by atoms with E-state index in [9.17, 15) is 0 Å². The van der Waals surface area contributed by atoms with E-state index in [1.807, 2.05) is 6.07 Å². The smallest absolute Gasteiger partial charge is 0.0843 e. The lowest BCUT2D eigenvalue weighted by Crippen LogP contribution is -2.59. The first-order valence-corrected chi connectivity index (χ1v) is 12.8. The van der Waals surface area contributed by atoms with Crippen molar-refractivity contribution < 1.29 is 0 Å². The van der Waals surface area contributed by atoms with Crippen molar-refractivity contribution in [3.05, 3.63) is 135 Å². The first kappa shape index (κ1) is 19.3. The molecular weight excluding hydrogens is 499 g/mol. The molecule has 158 valence electrons. The highest BCUT2D eigenvalue weighted by atomic mass is 79.9. The fraction of sp³-hybridized carbons (Fsp3) is 0.0323. The molecule has 1 spiro atoms. The van der Waals surface area contributed by atoms with Gasteiger partial charge >= 0.3 is 0 Å². The molecule has 0 aromatic heterocycles. The molecule has 5 aromatic carbocycles. The Hall–Kier alpha value is -3.07. The maximum Gasteiger partial charge on any atom is 0.243 e. The van der Waals surface area contributed by atoms with Crippen LogP contribution < -0.4 is 16.4 Å². The van der Waals surface area contributed by atoms with E-state index in [2.05, 4.69) is 113 Å². The van der Waals surface area contributed by atoms with Crippen molar-refractivity contribution in [1.82, 2.24) is 0 Å². The summed E-state index contributed by atoms with van der Waals surface area (Å²) in [4.78, 5) is 0. The van der Waals surface area contributed by atoms with Crippen LogP contribution in [0.4, 0.5) is 0 Å². The lowest BCUT2D eigenvalue weighted by atomic mass is 9.32. The lowest BCUT2D eigenvalue weighted by Gasteiger charge is -2.42. The Balaban J connectivity index is 1.62. The molecule has 0 nitrogen and oxygen atoms in total. The van der Waals surface area contributed by atoms with E-state index >= 15 is 0 Å². The van der Waals surface area contributed by atoms with Gasteiger partial charge in [0, 0.05) is 9.50 Å². The van der Waals surface area contributed by atoms with Crippen LogP contribution in [-0.4, -0.2) is 6.71 Å². The van der Waals surface area contributed by atoms with E-state index in [1.54, 1.807) is 0 Å². The largest absolute Gasteiger partial charge is 0.243 e. The van der Waals surface area contributed by atoms with Crippen molar-refractivity contribution in [3.8, 4) is 22.3 Å². The van der Waals surface area contributed by atoms with Gasteiger partial charge in [-0.3, -0.25) is 0 Å². The van der Waals surface area contributed by atoms with Crippen molar-refractivity contribution in [2.24, 2.45) is 0 Å². The Morgan fingerprint density at radius 1 is 0.559 bits per heavy atom. The fourth-order valence-corrected chi connectivity index (χ4v) is 7.53. The molecule has 1 aliphatic carbocycles. The second kappa shape index (κ2) is 6.53. The van der Waals surface area contributed by atoms with Crippen molar-refractivity contribution in [2.45, 2.75) is 5.41 Å². The van der Waals surface area contributed by atoms with E-state index in [1.165, 1.54) is 60.9 Å². The van der Waals surface area contributed by atoms with Gasteiger partial charge < -0.3 is 0 Å². The molecule has 0 saturated heterocycles. The van der Waals surface area contributed by atoms with Gasteiger partial charge in [-0.05, 0) is 68.8 Å². The summed E-state index contributed by atoms with van der Waals surface area (Å²) in [6.07, 6.45) is 0. The van der Waals surface area contributed by atoms with Crippen LogP contribution in [0.3, 0.4) is 0 Å². The molecular formula is C31H17BBrCl. The minimum Gasteiger partial charge on any atom is -0.0843 e. The molecule has 8 rings (SSSR count). The van der Waals surface area contributed by atoms with Gasteiger partial charge in [-0.25, -0.2) is 0 Å². The van der Waals surface area contributed by atoms with Crippen LogP contribution >= 0.6 is 27.5 Å². The van der Waals surface area contributed by atoms with Gasteiger partial charge in [0.25, 0.3) is 0 Å². The van der Waals surface area contributed by atoms with Crippen LogP contribution in [0.1, 0.15) is 22.3 Å². The molecule has 2 aliphatic heterocycles. The summed E-state index contributed by atoms with van der Waals surface area (Å²) in [5.41, 5.74) is 14.5. The number of rotatable bonds is 0. The predicted molar refractivity (Wildman–Crippen MR) is 147 cm³/mol. The topological polar surface area (TPSA) is 0 Å². The highest BCUT2D eigenvalue weighted by Crippen LogP contribution is 2.58. The molecule has 5 aromatic rings. The summed E-state index contributed by atoms with van der Waals surface area (Å²) >= 11 is 10.5. The lowest BCUT2D eigenvalue weighted by molar-refractivity contribution is 0.775. The highest BCUT2D eigenvalue weighted by molar-refractivity contribution is 9.10. The summed E-state index contributed by atoms with van der Waals surface area (Å²) in [5, 5.41) is 0.778. The second-order valence-corrected chi connectivity index (χ2v) is 10.9. The monoisotopic (exact) mass is 514 g/mol. The number of halogens is 2. The Kier molecular flexibility index (Phi) is 3.70. The Labute approximate surface area is 212 Å². The Bertz CT molecular complexity index is 1650. The summed E-state index contributed by atoms with van der Waals surface area (Å²) < 4.78 is 1.10. The van der Waals surface area contributed by atoms with Crippen LogP contribution in [0.15, 0.2) is 108 Å². The summed E-state index contributed by atoms with van der Waals surface area (Å²) in [7, 11) is 0. The molecule has 1 atom stereocenters. The van der Waals surface area contributed by atoms with Crippen molar-refractivity contribution >= 4 is 50.6 Å². The molecule has 0 fully saturated rings. The maximum atomic E-state index is 6.69. The van der Waals surface area contributed by atoms with E-state index in [4.69, 9.17) is 11.6 Å². The summed E-state index contributed by atoms with van der Waals surface area (Å²) in [6, 6.07) is 38.0. The van der Waals surface area contributed by atoms with Gasteiger partial charge in [0.1, 0.15) is 0 Å². The molecule has 3 aliphatic rings. The SMILES string of the molecule is Clc1ccc2c(c1)C1(c3ccccc3B3c4ccccc4-c4cccc1c43)c1cc(Br)ccc1-2. The molecule has 0 radical (unpaired) electrons. The molecule has 0 amide bonds. The van der Waals surface area contributed by atoms with Crippen molar-refractivity contribution in [1.29, 1.82) is 0 Å². The zero-order valence-corrected chi connectivity index (χ0v) is 20.5. The Morgan fingerprint density at radius 2 is 1.24 bits per heavy atom. The standard InChI is InChI=1S/C31H17BBrCl/c33-18-12-14-20-21-15-13-19(34)17-27(21)31(26(20)16-18)24-8-2-4-11-29(24)32-28-10-3-1-6-22(28)23-7-5-9-25(31)30(23)32/h1-17H. The van der Waals surface area contributed by atoms with Crippen LogP contribution in [0.5, 0.6) is 0 Å². The fourth-order valence-electron chi connectivity index (χ4n) is 6.99. The quantitative estimate of drug-likeness (QED) is 0.209. The number of benzene rings is 5. The zero-order valence-electron chi connectivity index (χ0n) is 18.1. The van der Waals surface area contributed by atoms with Gasteiger partial charge in [-0.15, -0.1) is 0 Å². The average molecular weight is 516 g/mol. The molecule has 34 heavy (non-hydrogen) atoms. The molecule has 0 bridgehead atoms. The van der Waals surface area contributed by atoms with Gasteiger partial charge in [-0.2, -0.15) is 0 Å². The molecule has 0 N–H and O–H groups in total. The van der Waals surface area contributed by atoms with Crippen LogP contribution in [0, 0.1) is 0 Å². The van der Waals surface area contributed by atoms with E-state index in [0.717, 1.165) is 9.50 Å². The molecule has 0 saturated carbocycles. The minimum atomic E-state index is -0.403. The van der Waals surface area contributed by atoms with Gasteiger partial charge in [0.05, 0.1) is 5.41 Å². The first-order chi connectivity index (χ1) is 16.7. The maximum absolute atomic E-state index is 6.69. The molecule has 1 unspecified atom stereocenters. The van der Waals surface area contributed by atoms with Gasteiger partial charge in [0.15, 0.2) is 0 Å². The highest BCUT2D eigenvalue weighted by Gasteiger charge is 2.54. The number of hydrogen-bond acceptors (Lipinski definition) is 0. The minimum absolute atomic E-state index is 0.253. The Morgan fingerprint density at radius 3 is 2.12 bits per heavy atom. The van der Waals surface area contributed by atoms with Crippen molar-refractivity contribution in [3.63, 3.8) is 0 Å². The molecule has 2 heterocycles. The number of fused-ring (bicyclic) bond motifs is 12. The van der Waals surface area contributed by atoms with E-state index in [0.29, 0.717) is 0 Å². The summed E-state index contributed by atoms with van der Waals surface area (Å²) in [6.45, 7) is 0.253. The molecule has 3 heteroatoms. The van der Waals surface area contributed by atoms with E-state index in [-0.39, 0.29) is 6.71 Å². The normalized spacial score (nSPS) is 17.8. The van der Waals surface area contributed by atoms with Crippen LogP contribution in [-0.2, 0) is 5.41 Å². The third-order valence-electron chi connectivity index (χ3n) is 8.10. The third kappa shape index (κ3) is 2.13. The summed E-state index contributed by atoms with van der Waals surface area (Å²) in [5.74, 6) is 0. The van der Waals surface area contributed by atoms with Crippen LogP contribution in [0.2, 0.25) is 5.02 Å². The zero-order chi connectivity index (χ0) is 22.6. The number of hydrogen-bond donors (Lipinski definition) is 0. The van der Waals surface area contributed by atoms with E-state index < -0.39 is 5.41 Å². The predicted octanol–water partition coefficient (Wildman–Crippen LogP) is 6.28. The van der Waals surface area contributed by atoms with Gasteiger partial charge in [-0.1, -0.05) is 123 Å². The van der Waals surface area contributed by atoms with Crippen LogP contribution in [0.25, 0.3) is 22.3 Å². The third-order valence-corrected chi connectivity index (χ3v) is 8.83.